The van der Waals surface area contributed by atoms with Crippen LogP contribution < -0.4 is 10.6 Å². The summed E-state index contributed by atoms with van der Waals surface area (Å²) in [7, 11) is 0. The maximum atomic E-state index is 4.77. The number of thiazole rings is 1. The van der Waals surface area contributed by atoms with E-state index in [1.54, 1.807) is 11.3 Å². The molecule has 1 aliphatic heterocycles. The van der Waals surface area contributed by atoms with E-state index in [0.717, 1.165) is 44.3 Å². The van der Waals surface area contributed by atoms with Crippen molar-refractivity contribution in [1.82, 2.24) is 20.5 Å². The zero-order chi connectivity index (χ0) is 18.4. The third-order valence-electron chi connectivity index (χ3n) is 4.74. The van der Waals surface area contributed by atoms with Gasteiger partial charge in [0, 0.05) is 56.0 Å². The molecule has 1 saturated heterocycles. The molecule has 0 aromatic carbocycles. The number of nitrogens with one attached hydrogen (secondary N) is 2. The van der Waals surface area contributed by atoms with Crippen molar-refractivity contribution in [3.8, 4) is 0 Å². The van der Waals surface area contributed by atoms with Crippen LogP contribution >= 0.6 is 11.3 Å². The molecule has 1 fully saturated rings. The third-order valence-corrected chi connectivity index (χ3v) is 5.93. The van der Waals surface area contributed by atoms with Gasteiger partial charge < -0.3 is 10.6 Å². The number of aliphatic imine (C=N–C) groups is 1. The smallest absolute Gasteiger partial charge is 0.191 e. The average Bonchev–Trinajstić information content (AvgIpc) is 3.15. The molecule has 2 rings (SSSR count). The zero-order valence-electron chi connectivity index (χ0n) is 16.7. The third kappa shape index (κ3) is 5.96. The summed E-state index contributed by atoms with van der Waals surface area (Å²) in [5, 5.41) is 10.4. The van der Waals surface area contributed by atoms with Crippen LogP contribution in [0.3, 0.4) is 0 Å². The second-order valence-electron chi connectivity index (χ2n) is 7.62. The van der Waals surface area contributed by atoms with Crippen molar-refractivity contribution in [3.63, 3.8) is 0 Å². The summed E-state index contributed by atoms with van der Waals surface area (Å²) < 4.78 is 0. The molecule has 1 aromatic heterocycles. The lowest BCUT2D eigenvalue weighted by Crippen LogP contribution is -2.47. The highest BCUT2D eigenvalue weighted by Crippen LogP contribution is 2.20. The minimum absolute atomic E-state index is 0.465. The fourth-order valence-electron chi connectivity index (χ4n) is 3.09. The summed E-state index contributed by atoms with van der Waals surface area (Å²) in [6, 6.07) is 1.07. The van der Waals surface area contributed by atoms with Crippen LogP contribution in [0.15, 0.2) is 10.4 Å². The van der Waals surface area contributed by atoms with Gasteiger partial charge in [-0.2, -0.15) is 0 Å². The Morgan fingerprint density at radius 2 is 2.12 bits per heavy atom. The standard InChI is InChI=1S/C19H35N5S/c1-7-20-19(23-17-11-24(14(4)5)10-15(17)6)21-9-8-16-12-25-18(22-16)13(2)3/h12-15,17H,7-11H2,1-6H3,(H2,20,21,23). The largest absolute Gasteiger partial charge is 0.357 e. The van der Waals surface area contributed by atoms with E-state index in [-0.39, 0.29) is 0 Å². The molecule has 5 nitrogen and oxygen atoms in total. The molecule has 0 saturated carbocycles. The molecule has 6 heteroatoms. The summed E-state index contributed by atoms with van der Waals surface area (Å²) in [5.41, 5.74) is 1.16. The van der Waals surface area contributed by atoms with Crippen molar-refractivity contribution in [3.05, 3.63) is 16.1 Å². The van der Waals surface area contributed by atoms with Gasteiger partial charge in [-0.3, -0.25) is 9.89 Å². The molecule has 1 aromatic rings. The first-order valence-corrected chi connectivity index (χ1v) is 10.5. The highest BCUT2D eigenvalue weighted by molar-refractivity contribution is 7.09. The van der Waals surface area contributed by atoms with Crippen LogP contribution in [0.4, 0.5) is 0 Å². The molecule has 142 valence electrons. The summed E-state index contributed by atoms with van der Waals surface area (Å²) in [6.07, 6.45) is 0.901. The SMILES string of the molecule is CCNC(=NCCc1csc(C(C)C)n1)NC1CN(C(C)C)CC1C. The van der Waals surface area contributed by atoms with Crippen molar-refractivity contribution in [1.29, 1.82) is 0 Å². The van der Waals surface area contributed by atoms with Gasteiger partial charge in [-0.1, -0.05) is 20.8 Å². The van der Waals surface area contributed by atoms with E-state index < -0.39 is 0 Å². The molecular weight excluding hydrogens is 330 g/mol. The number of nitrogens with zero attached hydrogens (tertiary/aromatic N) is 3. The van der Waals surface area contributed by atoms with E-state index in [1.807, 2.05) is 0 Å². The van der Waals surface area contributed by atoms with E-state index >= 15 is 0 Å². The van der Waals surface area contributed by atoms with Crippen LogP contribution in [0.25, 0.3) is 0 Å². The number of guanidine groups is 1. The minimum atomic E-state index is 0.465. The Balaban J connectivity index is 1.89. The molecule has 0 aliphatic carbocycles. The number of aromatic nitrogens is 1. The quantitative estimate of drug-likeness (QED) is 0.576. The van der Waals surface area contributed by atoms with Gasteiger partial charge in [0.25, 0.3) is 0 Å². The lowest BCUT2D eigenvalue weighted by Gasteiger charge is -2.21. The number of rotatable bonds is 7. The maximum absolute atomic E-state index is 4.77. The molecule has 2 atom stereocenters. The van der Waals surface area contributed by atoms with E-state index in [2.05, 4.69) is 62.5 Å². The first kappa shape index (κ1) is 20.2. The lowest BCUT2D eigenvalue weighted by molar-refractivity contribution is 0.265. The first-order valence-electron chi connectivity index (χ1n) is 9.63. The molecule has 0 radical (unpaired) electrons. The van der Waals surface area contributed by atoms with E-state index in [9.17, 15) is 0 Å². The van der Waals surface area contributed by atoms with Crippen molar-refractivity contribution < 1.29 is 0 Å². The Bertz CT molecular complexity index is 552. The highest BCUT2D eigenvalue weighted by atomic mass is 32.1. The summed E-state index contributed by atoms with van der Waals surface area (Å²) in [6.45, 7) is 17.3. The topological polar surface area (TPSA) is 52.6 Å². The van der Waals surface area contributed by atoms with Crippen LogP contribution in [-0.4, -0.2) is 54.1 Å². The molecule has 0 bridgehead atoms. The molecule has 25 heavy (non-hydrogen) atoms. The first-order chi connectivity index (χ1) is 11.9. The molecular formula is C19H35N5S. The predicted molar refractivity (Wildman–Crippen MR) is 109 cm³/mol. The van der Waals surface area contributed by atoms with Gasteiger partial charge in [-0.05, 0) is 26.7 Å². The van der Waals surface area contributed by atoms with E-state index in [1.165, 1.54) is 5.01 Å². The van der Waals surface area contributed by atoms with Crippen molar-refractivity contribution in [2.24, 2.45) is 10.9 Å². The van der Waals surface area contributed by atoms with Crippen LogP contribution in [0.5, 0.6) is 0 Å². The fraction of sp³-hybridized carbons (Fsp3) is 0.789. The summed E-state index contributed by atoms with van der Waals surface area (Å²) >= 11 is 1.76. The monoisotopic (exact) mass is 365 g/mol. The fourth-order valence-corrected chi connectivity index (χ4v) is 3.96. The summed E-state index contributed by atoms with van der Waals surface area (Å²) in [4.78, 5) is 12.0. The molecule has 1 aliphatic rings. The van der Waals surface area contributed by atoms with Gasteiger partial charge >= 0.3 is 0 Å². The summed E-state index contributed by atoms with van der Waals surface area (Å²) in [5.74, 6) is 2.08. The number of hydrogen-bond acceptors (Lipinski definition) is 4. The Hall–Kier alpha value is -1.14. The van der Waals surface area contributed by atoms with Crippen LogP contribution in [-0.2, 0) is 6.42 Å². The van der Waals surface area contributed by atoms with Gasteiger partial charge in [-0.15, -0.1) is 11.3 Å². The Morgan fingerprint density at radius 1 is 1.36 bits per heavy atom. The Labute approximate surface area is 157 Å². The van der Waals surface area contributed by atoms with Gasteiger partial charge in [0.05, 0.1) is 10.7 Å². The Kier molecular flexibility index (Phi) is 7.69. The lowest BCUT2D eigenvalue weighted by atomic mass is 10.1. The molecule has 2 N–H and O–H groups in total. The minimum Gasteiger partial charge on any atom is -0.357 e. The van der Waals surface area contributed by atoms with Gasteiger partial charge in [0.2, 0.25) is 0 Å². The second-order valence-corrected chi connectivity index (χ2v) is 8.51. The highest BCUT2D eigenvalue weighted by Gasteiger charge is 2.31. The van der Waals surface area contributed by atoms with Crippen molar-refractivity contribution in [2.75, 3.05) is 26.2 Å². The van der Waals surface area contributed by atoms with Crippen molar-refractivity contribution in [2.45, 2.75) is 66.0 Å². The van der Waals surface area contributed by atoms with Gasteiger partial charge in [0.1, 0.15) is 0 Å². The average molecular weight is 366 g/mol. The molecule has 2 heterocycles. The number of hydrogen-bond donors (Lipinski definition) is 2. The van der Waals surface area contributed by atoms with Crippen molar-refractivity contribution >= 4 is 17.3 Å². The Morgan fingerprint density at radius 3 is 2.68 bits per heavy atom. The van der Waals surface area contributed by atoms with Crippen LogP contribution in [0, 0.1) is 5.92 Å². The van der Waals surface area contributed by atoms with E-state index in [0.29, 0.717) is 23.9 Å². The van der Waals surface area contributed by atoms with Crippen LogP contribution in [0.2, 0.25) is 0 Å². The van der Waals surface area contributed by atoms with Crippen LogP contribution in [0.1, 0.15) is 58.2 Å². The molecule has 0 amide bonds. The normalized spacial score (nSPS) is 22.2. The van der Waals surface area contributed by atoms with Gasteiger partial charge in [-0.25, -0.2) is 4.98 Å². The predicted octanol–water partition coefficient (Wildman–Crippen LogP) is 3.09. The number of likely N-dealkylation sites (tertiary alicyclic amines) is 1. The van der Waals surface area contributed by atoms with Gasteiger partial charge in [0.15, 0.2) is 5.96 Å². The zero-order valence-corrected chi connectivity index (χ0v) is 17.5. The second kappa shape index (κ2) is 9.53. The van der Waals surface area contributed by atoms with E-state index in [4.69, 9.17) is 9.98 Å². The maximum Gasteiger partial charge on any atom is 0.191 e. The molecule has 0 spiro atoms. The molecule has 2 unspecified atom stereocenters.